The molecule has 2 heterocycles. The Balaban J connectivity index is 1.72. The Bertz CT molecular complexity index is 1180. The summed E-state index contributed by atoms with van der Waals surface area (Å²) in [6.07, 6.45) is 3.41. The molecule has 0 fully saturated rings. The maximum absolute atomic E-state index is 11.7. The van der Waals surface area contributed by atoms with E-state index in [4.69, 9.17) is 16.0 Å². The molecule has 0 aliphatic heterocycles. The molecule has 0 unspecified atom stereocenters. The van der Waals surface area contributed by atoms with Crippen LogP contribution < -0.4 is 0 Å². The number of para-hydroxylation sites is 1. The molecule has 0 aliphatic rings. The van der Waals surface area contributed by atoms with Crippen LogP contribution >= 0.6 is 11.6 Å². The smallest absolute Gasteiger partial charge is 0.336 e. The SMILES string of the molecule is CCCCc1ccc(-c2ccc(-c3cc(C(=O)O)c4cccc(Cl)c4n3)o2)cc1. The maximum Gasteiger partial charge on any atom is 0.336 e. The zero-order chi connectivity index (χ0) is 20.4. The Labute approximate surface area is 173 Å². The number of hydrogen-bond acceptors (Lipinski definition) is 3. The topological polar surface area (TPSA) is 63.3 Å². The predicted octanol–water partition coefficient (Wildman–Crippen LogP) is 6.86. The van der Waals surface area contributed by atoms with Gasteiger partial charge >= 0.3 is 5.97 Å². The van der Waals surface area contributed by atoms with Crippen LogP contribution in [0.3, 0.4) is 0 Å². The summed E-state index contributed by atoms with van der Waals surface area (Å²) in [4.78, 5) is 16.3. The van der Waals surface area contributed by atoms with Crippen LogP contribution in [0, 0.1) is 0 Å². The van der Waals surface area contributed by atoms with Crippen molar-refractivity contribution in [3.05, 3.63) is 76.8 Å². The molecule has 5 heteroatoms. The molecule has 146 valence electrons. The first kappa shape index (κ1) is 19.2. The first-order valence-corrected chi connectivity index (χ1v) is 9.96. The Morgan fingerprint density at radius 1 is 1.07 bits per heavy atom. The molecule has 4 nitrogen and oxygen atoms in total. The zero-order valence-electron chi connectivity index (χ0n) is 16.0. The molecule has 0 radical (unpaired) electrons. The van der Waals surface area contributed by atoms with Gasteiger partial charge in [0.25, 0.3) is 0 Å². The van der Waals surface area contributed by atoms with Gasteiger partial charge in [0.1, 0.15) is 11.5 Å². The number of halogens is 1. The van der Waals surface area contributed by atoms with E-state index in [9.17, 15) is 9.90 Å². The van der Waals surface area contributed by atoms with E-state index in [1.54, 1.807) is 24.3 Å². The second kappa shape index (κ2) is 8.10. The number of carbonyl (C=O) groups is 1. The highest BCUT2D eigenvalue weighted by Gasteiger charge is 2.16. The fourth-order valence-electron chi connectivity index (χ4n) is 3.36. The van der Waals surface area contributed by atoms with E-state index in [1.807, 2.05) is 18.2 Å². The van der Waals surface area contributed by atoms with Crippen molar-refractivity contribution >= 4 is 28.5 Å². The monoisotopic (exact) mass is 405 g/mol. The van der Waals surface area contributed by atoms with Gasteiger partial charge in [-0.05, 0) is 42.7 Å². The van der Waals surface area contributed by atoms with E-state index in [0.29, 0.717) is 33.1 Å². The summed E-state index contributed by atoms with van der Waals surface area (Å²) >= 11 is 6.26. The Hall–Kier alpha value is -3.11. The fourth-order valence-corrected chi connectivity index (χ4v) is 3.58. The van der Waals surface area contributed by atoms with Crippen LogP contribution in [0.2, 0.25) is 5.02 Å². The van der Waals surface area contributed by atoms with E-state index < -0.39 is 5.97 Å². The van der Waals surface area contributed by atoms with Crippen molar-refractivity contribution in [2.45, 2.75) is 26.2 Å². The predicted molar refractivity (Wildman–Crippen MR) is 115 cm³/mol. The summed E-state index contributed by atoms with van der Waals surface area (Å²) in [5.74, 6) is 0.176. The first-order valence-electron chi connectivity index (χ1n) is 9.59. The Morgan fingerprint density at radius 3 is 2.55 bits per heavy atom. The number of pyridine rings is 1. The first-order chi connectivity index (χ1) is 14.1. The molecule has 0 saturated carbocycles. The summed E-state index contributed by atoms with van der Waals surface area (Å²) in [5.41, 5.74) is 3.30. The molecule has 0 aliphatic carbocycles. The average Bonchev–Trinajstić information content (AvgIpc) is 3.22. The molecule has 29 heavy (non-hydrogen) atoms. The quantitative estimate of drug-likeness (QED) is 0.380. The summed E-state index contributed by atoms with van der Waals surface area (Å²) in [6, 6.07) is 18.6. The number of nitrogens with zero attached hydrogens (tertiary/aromatic N) is 1. The number of furan rings is 1. The Morgan fingerprint density at radius 2 is 1.83 bits per heavy atom. The van der Waals surface area contributed by atoms with Crippen LogP contribution in [-0.4, -0.2) is 16.1 Å². The lowest BCUT2D eigenvalue weighted by Gasteiger charge is -2.07. The number of aryl methyl sites for hydroxylation is 1. The largest absolute Gasteiger partial charge is 0.478 e. The summed E-state index contributed by atoms with van der Waals surface area (Å²) < 4.78 is 6.00. The van der Waals surface area contributed by atoms with Gasteiger partial charge in [-0.15, -0.1) is 0 Å². The number of aromatic carboxylic acids is 1. The van der Waals surface area contributed by atoms with E-state index in [2.05, 4.69) is 24.0 Å². The van der Waals surface area contributed by atoms with Gasteiger partial charge in [0.15, 0.2) is 5.76 Å². The number of carboxylic acids is 1. The van der Waals surface area contributed by atoms with Gasteiger partial charge in [0, 0.05) is 10.9 Å². The van der Waals surface area contributed by atoms with Crippen molar-refractivity contribution in [3.63, 3.8) is 0 Å². The minimum Gasteiger partial charge on any atom is -0.478 e. The number of rotatable bonds is 6. The molecule has 0 spiro atoms. The molecule has 2 aromatic heterocycles. The highest BCUT2D eigenvalue weighted by molar-refractivity contribution is 6.35. The molecule has 4 rings (SSSR count). The number of carboxylic acid groups (broad SMARTS) is 1. The van der Waals surface area contributed by atoms with Crippen LogP contribution in [0.15, 0.2) is 65.1 Å². The molecule has 0 saturated heterocycles. The number of aromatic nitrogens is 1. The van der Waals surface area contributed by atoms with Gasteiger partial charge < -0.3 is 9.52 Å². The molecular weight excluding hydrogens is 386 g/mol. The number of fused-ring (bicyclic) bond motifs is 1. The van der Waals surface area contributed by atoms with Crippen LogP contribution in [-0.2, 0) is 6.42 Å². The van der Waals surface area contributed by atoms with E-state index in [0.717, 1.165) is 12.0 Å². The van der Waals surface area contributed by atoms with Crippen molar-refractivity contribution in [1.82, 2.24) is 4.98 Å². The second-order valence-corrected chi connectivity index (χ2v) is 7.37. The third kappa shape index (κ3) is 3.89. The van der Waals surface area contributed by atoms with Crippen molar-refractivity contribution in [1.29, 1.82) is 0 Å². The van der Waals surface area contributed by atoms with Gasteiger partial charge in [0.05, 0.1) is 16.1 Å². The van der Waals surface area contributed by atoms with Crippen molar-refractivity contribution < 1.29 is 14.3 Å². The van der Waals surface area contributed by atoms with Crippen LogP contribution in [0.25, 0.3) is 33.7 Å². The molecule has 0 amide bonds. The van der Waals surface area contributed by atoms with Crippen molar-refractivity contribution in [2.75, 3.05) is 0 Å². The van der Waals surface area contributed by atoms with Gasteiger partial charge in [0.2, 0.25) is 0 Å². The minimum absolute atomic E-state index is 0.144. The normalized spacial score (nSPS) is 11.1. The average molecular weight is 406 g/mol. The number of unbranched alkanes of at least 4 members (excludes halogenated alkanes) is 1. The van der Waals surface area contributed by atoms with Gasteiger partial charge in [-0.1, -0.05) is 61.3 Å². The van der Waals surface area contributed by atoms with E-state index >= 15 is 0 Å². The molecular formula is C24H20ClNO3. The standard InChI is InChI=1S/C24H20ClNO3/c1-2-3-5-15-8-10-16(11-9-15)21-12-13-22(29-21)20-14-18(24(27)28)17-6-4-7-19(25)23(17)26-20/h4,6-14H,2-3,5H2,1H3,(H,27,28). The zero-order valence-corrected chi connectivity index (χ0v) is 16.7. The maximum atomic E-state index is 11.7. The summed E-state index contributed by atoms with van der Waals surface area (Å²) in [5, 5.41) is 10.5. The lowest BCUT2D eigenvalue weighted by atomic mass is 10.1. The molecule has 2 aromatic carbocycles. The molecule has 1 N–H and O–H groups in total. The summed E-state index contributed by atoms with van der Waals surface area (Å²) in [7, 11) is 0. The fraction of sp³-hybridized carbons (Fsp3) is 0.167. The number of benzene rings is 2. The molecule has 0 bridgehead atoms. The van der Waals surface area contributed by atoms with Crippen LogP contribution in [0.1, 0.15) is 35.7 Å². The third-order valence-electron chi connectivity index (χ3n) is 4.94. The highest BCUT2D eigenvalue weighted by atomic mass is 35.5. The van der Waals surface area contributed by atoms with Crippen molar-refractivity contribution in [2.24, 2.45) is 0 Å². The lowest BCUT2D eigenvalue weighted by Crippen LogP contribution is -2.00. The minimum atomic E-state index is -1.03. The molecule has 0 atom stereocenters. The highest BCUT2D eigenvalue weighted by Crippen LogP contribution is 2.32. The second-order valence-electron chi connectivity index (χ2n) is 6.96. The lowest BCUT2D eigenvalue weighted by molar-refractivity contribution is 0.0699. The van der Waals surface area contributed by atoms with Gasteiger partial charge in [-0.2, -0.15) is 0 Å². The molecule has 4 aromatic rings. The van der Waals surface area contributed by atoms with E-state index in [-0.39, 0.29) is 5.56 Å². The third-order valence-corrected chi connectivity index (χ3v) is 5.24. The number of hydrogen-bond donors (Lipinski definition) is 1. The van der Waals surface area contributed by atoms with Gasteiger partial charge in [-0.3, -0.25) is 0 Å². The van der Waals surface area contributed by atoms with Crippen LogP contribution in [0.4, 0.5) is 0 Å². The van der Waals surface area contributed by atoms with Gasteiger partial charge in [-0.25, -0.2) is 9.78 Å². The van der Waals surface area contributed by atoms with Crippen molar-refractivity contribution in [3.8, 4) is 22.8 Å². The van der Waals surface area contributed by atoms with E-state index in [1.165, 1.54) is 24.5 Å². The summed E-state index contributed by atoms with van der Waals surface area (Å²) in [6.45, 7) is 2.18. The Kier molecular flexibility index (Phi) is 5.36. The van der Waals surface area contributed by atoms with Crippen LogP contribution in [0.5, 0.6) is 0 Å².